The molecule has 0 spiro atoms. The van der Waals surface area contributed by atoms with Crippen molar-refractivity contribution in [3.05, 3.63) is 35.4 Å². The summed E-state index contributed by atoms with van der Waals surface area (Å²) >= 11 is 0. The van der Waals surface area contributed by atoms with Gasteiger partial charge in [0, 0.05) is 38.3 Å². The zero-order chi connectivity index (χ0) is 15.5. The molecule has 1 aliphatic carbocycles. The average molecular weight is 299 g/mol. The fraction of sp³-hybridized carbons (Fsp3) is 0.529. The van der Waals surface area contributed by atoms with Crippen molar-refractivity contribution in [1.29, 1.82) is 5.26 Å². The van der Waals surface area contributed by atoms with Crippen molar-refractivity contribution in [2.24, 2.45) is 5.92 Å². The summed E-state index contributed by atoms with van der Waals surface area (Å²) in [5.41, 5.74) is 1.09. The van der Waals surface area contributed by atoms with Crippen molar-refractivity contribution in [3.63, 3.8) is 0 Å². The first-order valence-corrected chi connectivity index (χ1v) is 7.87. The van der Waals surface area contributed by atoms with Crippen molar-refractivity contribution in [3.8, 4) is 6.07 Å². The van der Waals surface area contributed by atoms with E-state index in [1.54, 1.807) is 24.3 Å². The number of aliphatic hydroxyl groups excluding tert-OH is 1. The summed E-state index contributed by atoms with van der Waals surface area (Å²) in [5, 5.41) is 18.9. The molecule has 2 aliphatic rings. The molecule has 0 radical (unpaired) electrons. The Morgan fingerprint density at radius 1 is 1.32 bits per heavy atom. The highest BCUT2D eigenvalue weighted by Gasteiger charge is 2.32. The van der Waals surface area contributed by atoms with E-state index >= 15 is 0 Å². The van der Waals surface area contributed by atoms with Crippen LogP contribution < -0.4 is 0 Å². The maximum Gasteiger partial charge on any atom is 0.253 e. The molecule has 1 saturated heterocycles. The van der Waals surface area contributed by atoms with Crippen LogP contribution in [-0.2, 0) is 0 Å². The number of aliphatic hydroxyl groups is 1. The fourth-order valence-corrected chi connectivity index (χ4v) is 2.93. The van der Waals surface area contributed by atoms with Crippen LogP contribution >= 0.6 is 0 Å². The van der Waals surface area contributed by atoms with E-state index in [9.17, 15) is 9.90 Å². The predicted octanol–water partition coefficient (Wildman–Crippen LogP) is 1.09. The van der Waals surface area contributed by atoms with Gasteiger partial charge in [-0.3, -0.25) is 9.69 Å². The standard InChI is InChI=1S/C17H21N3O2/c18-11-13-2-1-3-15(10-13)17(22)20-8-6-19(7-9-20)12-16(21)14-4-5-14/h1-3,10,14,16,21H,4-9,12H2/t16-/m1/s1. The van der Waals surface area contributed by atoms with Gasteiger partial charge in [-0.15, -0.1) is 0 Å². The van der Waals surface area contributed by atoms with Crippen molar-refractivity contribution in [2.75, 3.05) is 32.7 Å². The van der Waals surface area contributed by atoms with Gasteiger partial charge in [-0.05, 0) is 37.0 Å². The van der Waals surface area contributed by atoms with E-state index in [1.165, 1.54) is 0 Å². The van der Waals surface area contributed by atoms with Crippen LogP contribution in [0.15, 0.2) is 24.3 Å². The van der Waals surface area contributed by atoms with Crippen LogP contribution in [-0.4, -0.2) is 59.6 Å². The van der Waals surface area contributed by atoms with Gasteiger partial charge in [0.25, 0.3) is 5.91 Å². The van der Waals surface area contributed by atoms with Crippen molar-refractivity contribution in [2.45, 2.75) is 18.9 Å². The first kappa shape index (κ1) is 15.0. The van der Waals surface area contributed by atoms with E-state index < -0.39 is 0 Å². The summed E-state index contributed by atoms with van der Waals surface area (Å²) in [7, 11) is 0. The summed E-state index contributed by atoms with van der Waals surface area (Å²) in [4.78, 5) is 16.5. The van der Waals surface area contributed by atoms with Crippen LogP contribution in [0.25, 0.3) is 0 Å². The molecule has 2 fully saturated rings. The number of nitriles is 1. The zero-order valence-corrected chi connectivity index (χ0v) is 12.6. The topological polar surface area (TPSA) is 67.6 Å². The Labute approximate surface area is 130 Å². The van der Waals surface area contributed by atoms with E-state index in [1.807, 2.05) is 4.90 Å². The normalized spacial score (nSPS) is 20.5. The predicted molar refractivity (Wildman–Crippen MR) is 82.2 cm³/mol. The summed E-state index contributed by atoms with van der Waals surface area (Å²) in [6.45, 7) is 3.66. The van der Waals surface area contributed by atoms with Gasteiger partial charge >= 0.3 is 0 Å². The van der Waals surface area contributed by atoms with Gasteiger partial charge in [0.05, 0.1) is 17.7 Å². The molecule has 0 aromatic heterocycles. The second kappa shape index (κ2) is 6.47. The Hall–Kier alpha value is -1.90. The molecule has 1 N–H and O–H groups in total. The maximum atomic E-state index is 12.5. The lowest BCUT2D eigenvalue weighted by atomic mass is 10.1. The molecule has 22 heavy (non-hydrogen) atoms. The van der Waals surface area contributed by atoms with Crippen molar-refractivity contribution >= 4 is 5.91 Å². The molecular weight excluding hydrogens is 278 g/mol. The highest BCUT2D eigenvalue weighted by atomic mass is 16.3. The van der Waals surface area contributed by atoms with E-state index in [4.69, 9.17) is 5.26 Å². The summed E-state index contributed by atoms with van der Waals surface area (Å²) in [6, 6.07) is 8.91. The number of amides is 1. The van der Waals surface area contributed by atoms with Gasteiger partial charge in [0.2, 0.25) is 0 Å². The van der Waals surface area contributed by atoms with Gasteiger partial charge in [-0.25, -0.2) is 0 Å². The molecule has 5 nitrogen and oxygen atoms in total. The third-order valence-corrected chi connectivity index (χ3v) is 4.51. The number of rotatable bonds is 4. The Morgan fingerprint density at radius 3 is 2.68 bits per heavy atom. The third kappa shape index (κ3) is 3.46. The number of carbonyl (C=O) groups is 1. The third-order valence-electron chi connectivity index (χ3n) is 4.51. The van der Waals surface area contributed by atoms with Crippen LogP contribution in [0.2, 0.25) is 0 Å². The fourth-order valence-electron chi connectivity index (χ4n) is 2.93. The van der Waals surface area contributed by atoms with Gasteiger partial charge in [-0.1, -0.05) is 6.07 Å². The van der Waals surface area contributed by atoms with E-state index in [0.29, 0.717) is 30.1 Å². The molecule has 1 saturated carbocycles. The monoisotopic (exact) mass is 299 g/mol. The molecule has 1 aliphatic heterocycles. The number of benzene rings is 1. The highest BCUT2D eigenvalue weighted by molar-refractivity contribution is 5.94. The van der Waals surface area contributed by atoms with Gasteiger partial charge < -0.3 is 10.0 Å². The van der Waals surface area contributed by atoms with E-state index in [-0.39, 0.29) is 12.0 Å². The van der Waals surface area contributed by atoms with Gasteiger partial charge in [0.15, 0.2) is 0 Å². The largest absolute Gasteiger partial charge is 0.392 e. The first-order chi connectivity index (χ1) is 10.7. The Morgan fingerprint density at radius 2 is 2.05 bits per heavy atom. The number of carbonyl (C=O) groups excluding carboxylic acids is 1. The van der Waals surface area contributed by atoms with Crippen LogP contribution in [0.1, 0.15) is 28.8 Å². The summed E-state index contributed by atoms with van der Waals surface area (Å²) < 4.78 is 0. The molecule has 1 atom stereocenters. The lowest BCUT2D eigenvalue weighted by molar-refractivity contribution is 0.0488. The molecule has 3 rings (SSSR count). The molecular formula is C17H21N3O2. The molecule has 1 aromatic carbocycles. The number of nitrogens with zero attached hydrogens (tertiary/aromatic N) is 3. The van der Waals surface area contributed by atoms with Crippen LogP contribution in [0.4, 0.5) is 0 Å². The molecule has 116 valence electrons. The minimum atomic E-state index is -0.213. The second-order valence-corrected chi connectivity index (χ2v) is 6.19. The highest BCUT2D eigenvalue weighted by Crippen LogP contribution is 2.32. The second-order valence-electron chi connectivity index (χ2n) is 6.19. The molecule has 5 heteroatoms. The van der Waals surface area contributed by atoms with Crippen LogP contribution in [0.5, 0.6) is 0 Å². The minimum absolute atomic E-state index is 0.0144. The van der Waals surface area contributed by atoms with Crippen molar-refractivity contribution in [1.82, 2.24) is 9.80 Å². The summed E-state index contributed by atoms with van der Waals surface area (Å²) in [5.74, 6) is 0.480. The quantitative estimate of drug-likeness (QED) is 0.903. The van der Waals surface area contributed by atoms with E-state index in [0.717, 1.165) is 32.5 Å². The lowest BCUT2D eigenvalue weighted by Crippen LogP contribution is -2.50. The Bertz CT molecular complexity index is 584. The summed E-state index contributed by atoms with van der Waals surface area (Å²) in [6.07, 6.45) is 2.08. The molecule has 1 heterocycles. The van der Waals surface area contributed by atoms with Crippen LogP contribution in [0.3, 0.4) is 0 Å². The Balaban J connectivity index is 1.54. The molecule has 1 amide bonds. The maximum absolute atomic E-state index is 12.5. The van der Waals surface area contributed by atoms with Gasteiger partial charge in [0.1, 0.15) is 0 Å². The molecule has 0 unspecified atom stereocenters. The number of β-amino-alcohol motifs (C(OH)–C–C–N with tert-alkyl or cyclic N) is 1. The smallest absolute Gasteiger partial charge is 0.253 e. The SMILES string of the molecule is N#Cc1cccc(C(=O)N2CCN(C[C@@H](O)C3CC3)CC2)c1. The average Bonchev–Trinajstić information content (AvgIpc) is 3.40. The number of hydrogen-bond donors (Lipinski definition) is 1. The number of piperazine rings is 1. The van der Waals surface area contributed by atoms with Crippen LogP contribution in [0, 0.1) is 17.2 Å². The van der Waals surface area contributed by atoms with E-state index in [2.05, 4.69) is 11.0 Å². The minimum Gasteiger partial charge on any atom is -0.392 e. The van der Waals surface area contributed by atoms with Gasteiger partial charge in [-0.2, -0.15) is 5.26 Å². The lowest BCUT2D eigenvalue weighted by Gasteiger charge is -2.35. The van der Waals surface area contributed by atoms with Crippen molar-refractivity contribution < 1.29 is 9.90 Å². The number of hydrogen-bond acceptors (Lipinski definition) is 4. The Kier molecular flexibility index (Phi) is 4.41. The first-order valence-electron chi connectivity index (χ1n) is 7.87. The molecule has 0 bridgehead atoms. The zero-order valence-electron chi connectivity index (χ0n) is 12.6. The molecule has 1 aromatic rings.